The van der Waals surface area contributed by atoms with Crippen LogP contribution in [0.5, 0.6) is 0 Å². The van der Waals surface area contributed by atoms with E-state index in [-0.39, 0.29) is 48.7 Å². The van der Waals surface area contributed by atoms with Crippen LogP contribution in [0.1, 0.15) is 120 Å². The molecule has 3 saturated carbocycles. The minimum atomic E-state index is -4.87. The van der Waals surface area contributed by atoms with Gasteiger partial charge < -0.3 is 109 Å². The summed E-state index contributed by atoms with van der Waals surface area (Å²) >= 11 is 0. The van der Waals surface area contributed by atoms with Crippen molar-refractivity contribution in [2.75, 3.05) is 6.61 Å². The van der Waals surface area contributed by atoms with Gasteiger partial charge in [0.25, 0.3) is 0 Å². The molecule has 33 atom stereocenters. The van der Waals surface area contributed by atoms with E-state index in [1.165, 1.54) is 27.7 Å². The lowest BCUT2D eigenvalue weighted by molar-refractivity contribution is -0.397. The highest BCUT2D eigenvalue weighted by Crippen LogP contribution is 2.67. The summed E-state index contributed by atoms with van der Waals surface area (Å²) in [6.45, 7) is 15.0. The van der Waals surface area contributed by atoms with Crippen LogP contribution in [-0.2, 0) is 66.7 Å². The summed E-state index contributed by atoms with van der Waals surface area (Å²) in [5, 5.41) is 135. The molecule has 0 spiro atoms. The quantitative estimate of drug-likeness (QED) is 0.0573. The molecule has 0 aromatic rings. The van der Waals surface area contributed by atoms with E-state index in [0.717, 1.165) is 12.0 Å². The number of carbonyl (C=O) groups excluding carboxylic acids is 1. The molecule has 9 rings (SSSR count). The summed E-state index contributed by atoms with van der Waals surface area (Å²) in [6.07, 6.45) is -35.2. The molecule has 0 radical (unpaired) electrons. The van der Waals surface area contributed by atoms with Crippen molar-refractivity contribution in [1.82, 2.24) is 0 Å². The molecule has 27 nitrogen and oxygen atoms in total. The van der Waals surface area contributed by atoms with Crippen LogP contribution in [0.3, 0.4) is 0 Å². The number of aliphatic hydroxyl groups is 12. The van der Waals surface area contributed by atoms with Gasteiger partial charge in [0, 0.05) is 12.8 Å². The van der Waals surface area contributed by atoms with Crippen LogP contribution in [0.2, 0.25) is 0 Å². The lowest BCUT2D eigenvalue weighted by atomic mass is 9.47. The number of ether oxygens (including phenoxy) is 10. The van der Waals surface area contributed by atoms with Gasteiger partial charge in [0.1, 0.15) is 97.3 Å². The fourth-order valence-corrected chi connectivity index (χ4v) is 16.2. The van der Waals surface area contributed by atoms with Crippen molar-refractivity contribution < 1.29 is 131 Å². The molecule has 13 N–H and O–H groups in total. The summed E-state index contributed by atoms with van der Waals surface area (Å²) in [4.78, 5) is 13.2. The van der Waals surface area contributed by atoms with Crippen molar-refractivity contribution in [3.8, 4) is 0 Å². The van der Waals surface area contributed by atoms with Crippen molar-refractivity contribution in [3.05, 3.63) is 11.6 Å². The van der Waals surface area contributed by atoms with Crippen LogP contribution in [0, 0.1) is 40.4 Å². The van der Waals surface area contributed by atoms with Crippen LogP contribution < -0.4 is 0 Å². The molecule has 8 fully saturated rings. The first-order chi connectivity index (χ1) is 39.1. The summed E-state index contributed by atoms with van der Waals surface area (Å²) in [5.74, 6) is -0.738. The zero-order valence-electron chi connectivity index (χ0n) is 49.0. The van der Waals surface area contributed by atoms with Crippen molar-refractivity contribution in [3.63, 3.8) is 0 Å². The number of hydrogen-bond donors (Lipinski definition) is 13. The van der Waals surface area contributed by atoms with Crippen LogP contribution in [-0.4, -0.2) is 252 Å². The lowest BCUT2D eigenvalue weighted by Crippen LogP contribution is -2.66. The fraction of sp³-hybridized carbons (Fsp3) is 0.946. The molecule has 5 saturated heterocycles. The number of fused-ring (bicyclic) bond motifs is 5. The molecule has 0 aromatic carbocycles. The average molecular weight is 1230 g/mol. The molecule has 9 aliphatic rings. The Labute approximate surface area is 489 Å². The molecule has 5 heterocycles. The van der Waals surface area contributed by atoms with Gasteiger partial charge in [-0.25, -0.2) is 4.18 Å². The monoisotopic (exact) mass is 1230 g/mol. The van der Waals surface area contributed by atoms with Gasteiger partial charge in [-0.05, 0) is 120 Å². The Morgan fingerprint density at radius 3 is 1.70 bits per heavy atom. The Morgan fingerprint density at radius 1 is 0.619 bits per heavy atom. The van der Waals surface area contributed by atoms with E-state index in [0.29, 0.717) is 32.1 Å². The van der Waals surface area contributed by atoms with Crippen molar-refractivity contribution >= 4 is 16.2 Å². The number of aliphatic hydroxyl groups excluding tert-OH is 11. The van der Waals surface area contributed by atoms with Crippen LogP contribution in [0.4, 0.5) is 0 Å². The first-order valence-electron chi connectivity index (χ1n) is 29.7. The second-order valence-electron chi connectivity index (χ2n) is 26.7. The Kier molecular flexibility index (Phi) is 20.4. The number of ketones is 1. The Hall–Kier alpha value is -1.60. The Morgan fingerprint density at radius 2 is 1.13 bits per heavy atom. The third kappa shape index (κ3) is 13.1. The molecule has 28 heteroatoms. The number of hydrogen-bond acceptors (Lipinski definition) is 26. The van der Waals surface area contributed by atoms with Crippen molar-refractivity contribution in [2.24, 2.45) is 40.4 Å². The topological polar surface area (TPSA) is 416 Å². The van der Waals surface area contributed by atoms with Crippen LogP contribution in [0.25, 0.3) is 0 Å². The minimum Gasteiger partial charge on any atom is -0.389 e. The zero-order chi connectivity index (χ0) is 61.6. The third-order valence-electron chi connectivity index (χ3n) is 20.3. The maximum atomic E-state index is 13.2. The van der Waals surface area contributed by atoms with E-state index in [1.807, 2.05) is 13.8 Å². The van der Waals surface area contributed by atoms with Gasteiger partial charge in [-0.15, -0.1) is 0 Å². The van der Waals surface area contributed by atoms with Crippen LogP contribution in [0.15, 0.2) is 11.6 Å². The number of carbonyl (C=O) groups is 1. The van der Waals surface area contributed by atoms with Crippen molar-refractivity contribution in [1.29, 1.82) is 0 Å². The molecule has 4 aliphatic carbocycles. The highest BCUT2D eigenvalue weighted by Gasteiger charge is 2.64. The third-order valence-corrected chi connectivity index (χ3v) is 20.8. The smallest absolute Gasteiger partial charge is 0.389 e. The van der Waals surface area contributed by atoms with Gasteiger partial charge in [0.2, 0.25) is 0 Å². The van der Waals surface area contributed by atoms with Gasteiger partial charge in [-0.3, -0.25) is 9.35 Å². The van der Waals surface area contributed by atoms with E-state index < -0.39 is 199 Å². The van der Waals surface area contributed by atoms with E-state index >= 15 is 0 Å². The molecule has 0 unspecified atom stereocenters. The van der Waals surface area contributed by atoms with Gasteiger partial charge in [-0.2, -0.15) is 8.42 Å². The predicted octanol–water partition coefficient (Wildman–Crippen LogP) is -1.65. The number of allylic oxidation sites excluding steroid dienone is 2. The summed E-state index contributed by atoms with van der Waals surface area (Å²) in [7, 11) is -4.87. The van der Waals surface area contributed by atoms with Gasteiger partial charge in [0.15, 0.2) is 31.5 Å². The van der Waals surface area contributed by atoms with Gasteiger partial charge >= 0.3 is 10.4 Å². The standard InChI is InChI=1S/C56H92O27S/c1-21(2)16-26(57)19-56(9,69)34-11-10-29-28-18-32(31-17-27(83-84(70,71)72)12-14-54(31,7)30(28)13-15-55(29,34)8)78-51-45(68)46(38(61)25(6)76-51)80-52-47(81-49-43(66)40(63)35(58)22(3)74-49)39(62)33(20-73-52)79-53-48(42(65)37(60)24(5)77-53)82-50-44(67)41(64)36(59)23(4)75-50/h13,21-25,27-29,31-53,58-69H,10-12,14-20H2,1-9H3,(H,70,71,72)/t22-,23-,24-,25-,27+,28+,29+,31-,32+,33-,34+,35-,36+,37+,38-,39+,40+,41+,42+,43-,44-,45-,46+,47-,48-,49+,50+,51+,52+,53+,54-,55+,56+/m1/s1. The molecule has 0 aromatic heterocycles. The maximum Gasteiger partial charge on any atom is 0.397 e. The Bertz CT molecular complexity index is 2400. The first kappa shape index (κ1) is 66.8. The second kappa shape index (κ2) is 25.6. The summed E-state index contributed by atoms with van der Waals surface area (Å²) in [5.41, 5.74) is -1.22. The number of Topliss-reactive ketones (excluding diaryl/α,β-unsaturated/α-hetero) is 1. The summed E-state index contributed by atoms with van der Waals surface area (Å²) in [6, 6.07) is 0. The molecule has 0 amide bonds. The highest BCUT2D eigenvalue weighted by atomic mass is 32.3. The first-order valence-corrected chi connectivity index (χ1v) is 31.1. The lowest BCUT2D eigenvalue weighted by Gasteiger charge is -2.60. The Balaban J connectivity index is 0.978. The SMILES string of the molecule is CC(C)CC(=O)C[C@](C)(O)[C@H]1CC[C@H]2[C@@H]3C[C@H](O[C@@H]4O[C@H](C)[C@@H](O)[C@H](O[C@@H]5OC[C@@H](O[C@@H]6O[C@H](C)[C@H](O)[C@H](O)[C@H]6O[C@@H]6O[C@H](C)[C@H](O)[C@H](O)[C@H]6O)[C@H](O)[C@H]5O[C@@H]5O[C@H](C)[C@@H](O)[C@H](O)[C@H]5O)[C@H]4O)[C@H]4C[C@@H](OS(=O)(=O)O)CC[C@]4(C)C3=CC[C@@]21C. The van der Waals surface area contributed by atoms with Crippen LogP contribution >= 0.6 is 0 Å². The maximum absolute atomic E-state index is 13.2. The van der Waals surface area contributed by atoms with E-state index in [2.05, 4.69) is 19.9 Å². The largest absolute Gasteiger partial charge is 0.397 e. The fourth-order valence-electron chi connectivity index (χ4n) is 15.7. The predicted molar refractivity (Wildman–Crippen MR) is 284 cm³/mol. The van der Waals surface area contributed by atoms with E-state index in [1.54, 1.807) is 6.92 Å². The highest BCUT2D eigenvalue weighted by molar-refractivity contribution is 7.80. The van der Waals surface area contributed by atoms with Gasteiger partial charge in [-0.1, -0.05) is 39.3 Å². The van der Waals surface area contributed by atoms with E-state index in [4.69, 9.17) is 51.6 Å². The molecule has 0 bridgehead atoms. The van der Waals surface area contributed by atoms with Gasteiger partial charge in [0.05, 0.1) is 48.8 Å². The molecule has 5 aliphatic heterocycles. The average Bonchev–Trinajstić information content (AvgIpc) is 1.36. The molecule has 484 valence electrons. The minimum absolute atomic E-state index is 0.00676. The zero-order valence-corrected chi connectivity index (χ0v) is 49.8. The second-order valence-corrected chi connectivity index (χ2v) is 27.7. The molecule has 84 heavy (non-hydrogen) atoms. The summed E-state index contributed by atoms with van der Waals surface area (Å²) < 4.78 is 101. The molecular weight excluding hydrogens is 1140 g/mol. The molecular formula is C56H92O27S. The van der Waals surface area contributed by atoms with E-state index in [9.17, 15) is 79.0 Å². The number of rotatable bonds is 17. The van der Waals surface area contributed by atoms with Crippen molar-refractivity contribution in [2.45, 2.75) is 285 Å². The normalized spacial score (nSPS) is 51.7.